The largest absolute Gasteiger partial charge is 0.386 e. The van der Waals surface area contributed by atoms with Crippen molar-refractivity contribution in [3.05, 3.63) is 34.1 Å². The van der Waals surface area contributed by atoms with Crippen LogP contribution in [0.1, 0.15) is 23.2 Å². The van der Waals surface area contributed by atoms with Crippen LogP contribution in [0.5, 0.6) is 0 Å². The smallest absolute Gasteiger partial charge is 0.257 e. The fraction of sp³-hybridized carbons (Fsp3) is 0.462. The summed E-state index contributed by atoms with van der Waals surface area (Å²) < 4.78 is 14.2. The van der Waals surface area contributed by atoms with Crippen molar-refractivity contribution in [2.45, 2.75) is 18.4 Å². The molecule has 2 fully saturated rings. The van der Waals surface area contributed by atoms with Gasteiger partial charge in [0.2, 0.25) is 0 Å². The van der Waals surface area contributed by atoms with Crippen molar-refractivity contribution in [3.8, 4) is 0 Å². The molecule has 1 amide bonds. The van der Waals surface area contributed by atoms with Gasteiger partial charge in [-0.15, -0.1) is 0 Å². The molecule has 0 unspecified atom stereocenters. The van der Waals surface area contributed by atoms with Gasteiger partial charge in [0, 0.05) is 4.47 Å². The zero-order valence-electron chi connectivity index (χ0n) is 9.70. The highest BCUT2D eigenvalue weighted by Gasteiger charge is 2.53. The second-order valence-electron chi connectivity index (χ2n) is 5.16. The highest BCUT2D eigenvalue weighted by atomic mass is 79.9. The lowest BCUT2D eigenvalue weighted by atomic mass is 9.88. The maximum atomic E-state index is 13.6. The Hall–Kier alpha value is -0.940. The van der Waals surface area contributed by atoms with Gasteiger partial charge in [0.15, 0.2) is 0 Å². The molecular weight excluding hydrogens is 301 g/mol. The fourth-order valence-corrected chi connectivity index (χ4v) is 2.83. The van der Waals surface area contributed by atoms with Crippen molar-refractivity contribution in [2.75, 3.05) is 13.1 Å². The zero-order valence-corrected chi connectivity index (χ0v) is 11.3. The number of amides is 1. The average Bonchev–Trinajstić information content (AvgIpc) is 3.11. The summed E-state index contributed by atoms with van der Waals surface area (Å²) in [5, 5.41) is 10.1. The Bertz CT molecular complexity index is 510. The molecule has 0 atom stereocenters. The van der Waals surface area contributed by atoms with Crippen molar-refractivity contribution in [3.63, 3.8) is 0 Å². The molecule has 0 radical (unpaired) electrons. The van der Waals surface area contributed by atoms with Crippen molar-refractivity contribution in [2.24, 2.45) is 5.92 Å². The fourth-order valence-electron chi connectivity index (χ4n) is 2.47. The van der Waals surface area contributed by atoms with Gasteiger partial charge in [0.05, 0.1) is 18.7 Å². The average molecular weight is 314 g/mol. The summed E-state index contributed by atoms with van der Waals surface area (Å²) in [6, 6.07) is 4.30. The van der Waals surface area contributed by atoms with E-state index in [-0.39, 0.29) is 11.5 Å². The zero-order chi connectivity index (χ0) is 12.9. The summed E-state index contributed by atoms with van der Waals surface area (Å²) in [7, 11) is 0. The van der Waals surface area contributed by atoms with Gasteiger partial charge in [-0.05, 0) is 37.0 Å². The van der Waals surface area contributed by atoms with E-state index >= 15 is 0 Å². The summed E-state index contributed by atoms with van der Waals surface area (Å²) in [5.41, 5.74) is -0.666. The molecule has 0 spiro atoms. The summed E-state index contributed by atoms with van der Waals surface area (Å²) in [6.07, 6.45) is 2.06. The predicted octanol–water partition coefficient (Wildman–Crippen LogP) is 2.19. The molecule has 1 aliphatic carbocycles. The molecule has 5 heteroatoms. The Labute approximate surface area is 113 Å². The van der Waals surface area contributed by atoms with Gasteiger partial charge in [-0.25, -0.2) is 4.39 Å². The van der Waals surface area contributed by atoms with E-state index in [1.54, 1.807) is 6.07 Å². The van der Waals surface area contributed by atoms with E-state index in [9.17, 15) is 14.3 Å². The molecular formula is C13H13BrFNO2. The van der Waals surface area contributed by atoms with Crippen LogP contribution in [0.15, 0.2) is 22.7 Å². The number of hydrogen-bond donors (Lipinski definition) is 1. The lowest BCUT2D eigenvalue weighted by Crippen LogP contribution is -2.64. The van der Waals surface area contributed by atoms with E-state index in [1.807, 2.05) is 0 Å². The minimum Gasteiger partial charge on any atom is -0.386 e. The summed E-state index contributed by atoms with van der Waals surface area (Å²) in [4.78, 5) is 13.6. The molecule has 3 nitrogen and oxygen atoms in total. The monoisotopic (exact) mass is 313 g/mol. The van der Waals surface area contributed by atoms with Crippen LogP contribution in [0.2, 0.25) is 0 Å². The molecule has 1 saturated carbocycles. The molecule has 1 saturated heterocycles. The SMILES string of the molecule is O=C(c1cc(Br)ccc1F)N1CC(O)(C2CC2)C1. The van der Waals surface area contributed by atoms with Crippen LogP contribution in [0.25, 0.3) is 0 Å². The van der Waals surface area contributed by atoms with Crippen LogP contribution in [0, 0.1) is 11.7 Å². The van der Waals surface area contributed by atoms with Gasteiger partial charge >= 0.3 is 0 Å². The first-order valence-electron chi connectivity index (χ1n) is 5.96. The lowest BCUT2D eigenvalue weighted by molar-refractivity contribution is -0.0959. The molecule has 0 bridgehead atoms. The minimum atomic E-state index is -0.724. The first-order chi connectivity index (χ1) is 8.49. The number of rotatable bonds is 2. The lowest BCUT2D eigenvalue weighted by Gasteiger charge is -2.47. The van der Waals surface area contributed by atoms with Crippen LogP contribution >= 0.6 is 15.9 Å². The molecule has 1 N–H and O–H groups in total. The molecule has 96 valence electrons. The number of carbonyl (C=O) groups excluding carboxylic acids is 1. The maximum absolute atomic E-state index is 13.6. The van der Waals surface area contributed by atoms with Gasteiger partial charge in [-0.1, -0.05) is 15.9 Å². The van der Waals surface area contributed by atoms with Crippen LogP contribution in [0.3, 0.4) is 0 Å². The van der Waals surface area contributed by atoms with E-state index in [2.05, 4.69) is 15.9 Å². The van der Waals surface area contributed by atoms with Crippen molar-refractivity contribution >= 4 is 21.8 Å². The molecule has 2 aliphatic rings. The molecule has 1 aliphatic heterocycles. The molecule has 3 rings (SSSR count). The Morgan fingerprint density at radius 1 is 1.44 bits per heavy atom. The number of hydrogen-bond acceptors (Lipinski definition) is 2. The number of nitrogens with zero attached hydrogens (tertiary/aromatic N) is 1. The van der Waals surface area contributed by atoms with E-state index in [0.29, 0.717) is 23.5 Å². The summed E-state index contributed by atoms with van der Waals surface area (Å²) in [6.45, 7) is 0.644. The van der Waals surface area contributed by atoms with Gasteiger partial charge < -0.3 is 10.0 Å². The van der Waals surface area contributed by atoms with Gasteiger partial charge in [-0.3, -0.25) is 4.79 Å². The number of aliphatic hydroxyl groups is 1. The third-order valence-corrected chi connectivity index (χ3v) is 4.21. The predicted molar refractivity (Wildman–Crippen MR) is 67.7 cm³/mol. The number of likely N-dealkylation sites (tertiary alicyclic amines) is 1. The maximum Gasteiger partial charge on any atom is 0.257 e. The Morgan fingerprint density at radius 3 is 2.72 bits per heavy atom. The number of carbonyl (C=O) groups is 1. The van der Waals surface area contributed by atoms with Gasteiger partial charge in [0.1, 0.15) is 11.4 Å². The molecule has 0 aromatic heterocycles. The molecule has 1 aromatic rings. The third kappa shape index (κ3) is 1.95. The third-order valence-electron chi connectivity index (χ3n) is 3.71. The van der Waals surface area contributed by atoms with Crippen LogP contribution in [-0.2, 0) is 0 Å². The number of halogens is 2. The molecule has 1 heterocycles. The van der Waals surface area contributed by atoms with Crippen molar-refractivity contribution in [1.29, 1.82) is 0 Å². The Balaban J connectivity index is 1.74. The van der Waals surface area contributed by atoms with Crippen LogP contribution < -0.4 is 0 Å². The second-order valence-corrected chi connectivity index (χ2v) is 6.08. The normalized spacial score (nSPS) is 21.6. The van der Waals surface area contributed by atoms with E-state index in [4.69, 9.17) is 0 Å². The topological polar surface area (TPSA) is 40.5 Å². The van der Waals surface area contributed by atoms with Gasteiger partial charge in [-0.2, -0.15) is 0 Å². The van der Waals surface area contributed by atoms with Crippen LogP contribution in [0.4, 0.5) is 4.39 Å². The van der Waals surface area contributed by atoms with E-state index < -0.39 is 11.4 Å². The minimum absolute atomic E-state index is 0.0576. The standard InChI is InChI=1S/C13H13BrFNO2/c14-9-3-4-11(15)10(5-9)12(17)16-6-13(18,7-16)8-1-2-8/h3-5,8,18H,1-2,6-7H2. The summed E-state index contributed by atoms with van der Waals surface area (Å²) in [5.74, 6) is -0.543. The first-order valence-corrected chi connectivity index (χ1v) is 6.76. The molecule has 1 aromatic carbocycles. The number of β-amino-alcohol motifs (C(OH)–C–C–N with tert-alkyl or cyclic N) is 1. The Kier molecular flexibility index (Phi) is 2.71. The van der Waals surface area contributed by atoms with E-state index in [1.165, 1.54) is 17.0 Å². The van der Waals surface area contributed by atoms with Gasteiger partial charge in [0.25, 0.3) is 5.91 Å². The highest BCUT2D eigenvalue weighted by Crippen LogP contribution is 2.44. The quantitative estimate of drug-likeness (QED) is 0.909. The summed E-state index contributed by atoms with van der Waals surface area (Å²) >= 11 is 3.22. The number of benzene rings is 1. The first kappa shape index (κ1) is 12.1. The van der Waals surface area contributed by atoms with Crippen molar-refractivity contribution < 1.29 is 14.3 Å². The van der Waals surface area contributed by atoms with Crippen LogP contribution in [-0.4, -0.2) is 34.6 Å². The second kappa shape index (κ2) is 4.03. The van der Waals surface area contributed by atoms with Crippen molar-refractivity contribution in [1.82, 2.24) is 4.90 Å². The molecule has 18 heavy (non-hydrogen) atoms. The van der Waals surface area contributed by atoms with E-state index in [0.717, 1.165) is 12.8 Å². The Morgan fingerprint density at radius 2 is 2.11 bits per heavy atom. The highest BCUT2D eigenvalue weighted by molar-refractivity contribution is 9.10.